The third kappa shape index (κ3) is 7.03. The van der Waals surface area contributed by atoms with Gasteiger partial charge in [-0.15, -0.1) is 0 Å². The van der Waals surface area contributed by atoms with Gasteiger partial charge in [-0.1, -0.05) is 27.2 Å². The predicted molar refractivity (Wildman–Crippen MR) is 57.8 cm³/mol. The summed E-state index contributed by atoms with van der Waals surface area (Å²) in [6.45, 7) is 9.01. The number of nitrogens with one attached hydrogen (secondary N) is 1. The molecule has 0 saturated heterocycles. The summed E-state index contributed by atoms with van der Waals surface area (Å²) < 4.78 is 0. The molecule has 0 rings (SSSR count). The number of aliphatic hydroxyl groups is 1. The third-order valence-corrected chi connectivity index (χ3v) is 2.22. The average Bonchev–Trinajstić information content (AvgIpc) is 2.02. The highest BCUT2D eigenvalue weighted by Gasteiger charge is 2.11. The van der Waals surface area contributed by atoms with Crippen molar-refractivity contribution in [2.45, 2.75) is 59.0 Å². The van der Waals surface area contributed by atoms with Crippen molar-refractivity contribution in [3.05, 3.63) is 0 Å². The summed E-state index contributed by atoms with van der Waals surface area (Å²) in [5, 5.41) is 12.6. The van der Waals surface area contributed by atoms with Crippen LogP contribution in [0.3, 0.4) is 0 Å². The van der Waals surface area contributed by atoms with E-state index in [9.17, 15) is 0 Å². The zero-order chi connectivity index (χ0) is 10.3. The van der Waals surface area contributed by atoms with E-state index in [1.54, 1.807) is 0 Å². The first kappa shape index (κ1) is 12.9. The maximum absolute atomic E-state index is 9.13. The molecule has 13 heavy (non-hydrogen) atoms. The van der Waals surface area contributed by atoms with Crippen LogP contribution < -0.4 is 5.32 Å². The van der Waals surface area contributed by atoms with Gasteiger partial charge in [-0.25, -0.2) is 0 Å². The number of hydrogen-bond acceptors (Lipinski definition) is 2. The van der Waals surface area contributed by atoms with Crippen LogP contribution in [0, 0.1) is 5.92 Å². The van der Waals surface area contributed by atoms with Gasteiger partial charge in [0.15, 0.2) is 0 Å². The van der Waals surface area contributed by atoms with Crippen LogP contribution in [-0.2, 0) is 0 Å². The van der Waals surface area contributed by atoms with Gasteiger partial charge in [0.05, 0.1) is 6.61 Å². The van der Waals surface area contributed by atoms with Crippen LogP contribution in [0.4, 0.5) is 0 Å². The van der Waals surface area contributed by atoms with E-state index < -0.39 is 0 Å². The molecule has 0 aliphatic rings. The summed E-state index contributed by atoms with van der Waals surface area (Å²) in [6.07, 6.45) is 3.45. The summed E-state index contributed by atoms with van der Waals surface area (Å²) in [5.41, 5.74) is 0. The molecule has 0 bridgehead atoms. The molecule has 2 heteroatoms. The highest BCUT2D eigenvalue weighted by atomic mass is 16.3. The predicted octanol–water partition coefficient (Wildman–Crippen LogP) is 2.17. The van der Waals surface area contributed by atoms with Crippen molar-refractivity contribution in [3.63, 3.8) is 0 Å². The molecule has 0 radical (unpaired) electrons. The van der Waals surface area contributed by atoms with E-state index in [1.807, 2.05) is 0 Å². The quantitative estimate of drug-likeness (QED) is 0.640. The van der Waals surface area contributed by atoms with Crippen LogP contribution in [0.15, 0.2) is 0 Å². The smallest absolute Gasteiger partial charge is 0.0584 e. The van der Waals surface area contributed by atoms with Crippen molar-refractivity contribution < 1.29 is 5.11 Å². The van der Waals surface area contributed by atoms with E-state index in [1.165, 1.54) is 12.8 Å². The van der Waals surface area contributed by atoms with E-state index >= 15 is 0 Å². The van der Waals surface area contributed by atoms with E-state index in [-0.39, 0.29) is 12.6 Å². The standard InChI is InChI=1S/C11H25NO/c1-5-6-10(4)12-11(8-13)7-9(2)3/h9-13H,5-8H2,1-4H3. The Morgan fingerprint density at radius 3 is 2.23 bits per heavy atom. The van der Waals surface area contributed by atoms with Gasteiger partial charge in [0, 0.05) is 12.1 Å². The van der Waals surface area contributed by atoms with Gasteiger partial charge in [0.25, 0.3) is 0 Å². The summed E-state index contributed by atoms with van der Waals surface area (Å²) in [5.74, 6) is 0.651. The Morgan fingerprint density at radius 1 is 1.23 bits per heavy atom. The number of aliphatic hydroxyl groups excluding tert-OH is 1. The summed E-state index contributed by atoms with van der Waals surface area (Å²) in [7, 11) is 0. The number of rotatable bonds is 7. The Bertz CT molecular complexity index is 115. The maximum Gasteiger partial charge on any atom is 0.0584 e. The molecule has 0 fully saturated rings. The Labute approximate surface area is 82.7 Å². The minimum atomic E-state index is 0.256. The third-order valence-electron chi connectivity index (χ3n) is 2.22. The molecule has 0 amide bonds. The van der Waals surface area contributed by atoms with Gasteiger partial charge >= 0.3 is 0 Å². The van der Waals surface area contributed by atoms with Crippen LogP contribution in [0.1, 0.15) is 47.0 Å². The van der Waals surface area contributed by atoms with Crippen molar-refractivity contribution in [1.29, 1.82) is 0 Å². The molecule has 0 heterocycles. The molecule has 2 unspecified atom stereocenters. The monoisotopic (exact) mass is 187 g/mol. The van der Waals surface area contributed by atoms with Crippen molar-refractivity contribution in [1.82, 2.24) is 5.32 Å². The first-order valence-corrected chi connectivity index (χ1v) is 5.47. The normalized spacial score (nSPS) is 16.2. The van der Waals surface area contributed by atoms with Crippen molar-refractivity contribution >= 4 is 0 Å². The minimum absolute atomic E-state index is 0.256. The lowest BCUT2D eigenvalue weighted by atomic mass is 10.0. The lowest BCUT2D eigenvalue weighted by Crippen LogP contribution is -2.39. The Kier molecular flexibility index (Phi) is 7.29. The first-order chi connectivity index (χ1) is 6.10. The molecule has 0 saturated carbocycles. The highest BCUT2D eigenvalue weighted by Crippen LogP contribution is 2.06. The lowest BCUT2D eigenvalue weighted by molar-refractivity contribution is 0.213. The maximum atomic E-state index is 9.13. The molecule has 2 N–H and O–H groups in total. The first-order valence-electron chi connectivity index (χ1n) is 5.47. The van der Waals surface area contributed by atoms with Gasteiger partial charge in [-0.3, -0.25) is 0 Å². The van der Waals surface area contributed by atoms with Crippen molar-refractivity contribution in [2.75, 3.05) is 6.61 Å². The fraction of sp³-hybridized carbons (Fsp3) is 1.00. The molecule has 80 valence electrons. The second-order valence-corrected chi connectivity index (χ2v) is 4.37. The van der Waals surface area contributed by atoms with Crippen LogP contribution >= 0.6 is 0 Å². The Balaban J connectivity index is 3.69. The molecule has 0 spiro atoms. The largest absolute Gasteiger partial charge is 0.395 e. The molecule has 0 aromatic carbocycles. The van der Waals surface area contributed by atoms with Gasteiger partial charge in [0.1, 0.15) is 0 Å². The van der Waals surface area contributed by atoms with Crippen molar-refractivity contribution in [3.8, 4) is 0 Å². The molecule has 2 nitrogen and oxygen atoms in total. The second kappa shape index (κ2) is 7.34. The molecular formula is C11H25NO. The van der Waals surface area contributed by atoms with Crippen LogP contribution in [0.5, 0.6) is 0 Å². The molecule has 0 aromatic heterocycles. The molecule has 0 aromatic rings. The van der Waals surface area contributed by atoms with Crippen molar-refractivity contribution in [2.24, 2.45) is 5.92 Å². The zero-order valence-corrected chi connectivity index (χ0v) is 9.51. The van der Waals surface area contributed by atoms with Crippen LogP contribution in [-0.4, -0.2) is 23.8 Å². The SMILES string of the molecule is CCCC(C)NC(CO)CC(C)C. The van der Waals surface area contributed by atoms with E-state index in [0.717, 1.165) is 6.42 Å². The topological polar surface area (TPSA) is 32.3 Å². The average molecular weight is 187 g/mol. The minimum Gasteiger partial charge on any atom is -0.395 e. The summed E-state index contributed by atoms with van der Waals surface area (Å²) in [4.78, 5) is 0. The highest BCUT2D eigenvalue weighted by molar-refractivity contribution is 4.71. The second-order valence-electron chi connectivity index (χ2n) is 4.37. The summed E-state index contributed by atoms with van der Waals surface area (Å²) in [6, 6.07) is 0.808. The lowest BCUT2D eigenvalue weighted by Gasteiger charge is -2.22. The number of hydrogen-bond donors (Lipinski definition) is 2. The van der Waals surface area contributed by atoms with E-state index in [4.69, 9.17) is 5.11 Å². The van der Waals surface area contributed by atoms with Gasteiger partial charge < -0.3 is 10.4 Å². The zero-order valence-electron chi connectivity index (χ0n) is 9.51. The van der Waals surface area contributed by atoms with Gasteiger partial charge in [-0.05, 0) is 25.7 Å². The fourth-order valence-electron chi connectivity index (χ4n) is 1.68. The molecule has 0 aliphatic carbocycles. The van der Waals surface area contributed by atoms with Crippen LogP contribution in [0.2, 0.25) is 0 Å². The molecule has 0 aliphatic heterocycles. The Hall–Kier alpha value is -0.0800. The van der Waals surface area contributed by atoms with E-state index in [0.29, 0.717) is 12.0 Å². The van der Waals surface area contributed by atoms with E-state index in [2.05, 4.69) is 33.0 Å². The van der Waals surface area contributed by atoms with Crippen LogP contribution in [0.25, 0.3) is 0 Å². The molecule has 2 atom stereocenters. The summed E-state index contributed by atoms with van der Waals surface area (Å²) >= 11 is 0. The Morgan fingerprint density at radius 2 is 1.85 bits per heavy atom. The van der Waals surface area contributed by atoms with Gasteiger partial charge in [0.2, 0.25) is 0 Å². The van der Waals surface area contributed by atoms with Gasteiger partial charge in [-0.2, -0.15) is 0 Å². The molecular weight excluding hydrogens is 162 g/mol. The fourth-order valence-corrected chi connectivity index (χ4v) is 1.68.